The summed E-state index contributed by atoms with van der Waals surface area (Å²) in [5, 5.41) is 9.51. The lowest BCUT2D eigenvalue weighted by atomic mass is 10.3. The second-order valence-electron chi connectivity index (χ2n) is 5.51. The van der Waals surface area contributed by atoms with Gasteiger partial charge in [-0.3, -0.25) is 9.78 Å². The molecule has 0 unspecified atom stereocenters. The number of amides is 1. The second kappa shape index (κ2) is 7.73. The summed E-state index contributed by atoms with van der Waals surface area (Å²) in [7, 11) is 0. The van der Waals surface area contributed by atoms with Gasteiger partial charge in [0.2, 0.25) is 0 Å². The topological polar surface area (TPSA) is 83.9 Å². The Bertz CT molecular complexity index is 616. The molecule has 7 nitrogen and oxygen atoms in total. The number of carbonyl (C=O) groups is 1. The molecule has 0 spiro atoms. The maximum atomic E-state index is 12.1. The van der Waals surface area contributed by atoms with Crippen LogP contribution in [0.1, 0.15) is 22.7 Å². The molecule has 1 aliphatic heterocycles. The Hall–Kier alpha value is -2.41. The molecule has 2 aromatic heterocycles. The molecular formula is C16H22N6O. The minimum Gasteiger partial charge on any atom is -0.384 e. The molecule has 0 fully saturated rings. The minimum absolute atomic E-state index is 0.0973. The lowest BCUT2D eigenvalue weighted by Gasteiger charge is -2.06. The Kier molecular flexibility index (Phi) is 5.21. The van der Waals surface area contributed by atoms with Crippen molar-refractivity contribution in [3.05, 3.63) is 42.2 Å². The van der Waals surface area contributed by atoms with Crippen molar-refractivity contribution < 1.29 is 4.79 Å². The second-order valence-corrected chi connectivity index (χ2v) is 5.51. The molecule has 0 aromatic carbocycles. The fraction of sp³-hybridized carbons (Fsp3) is 0.438. The standard InChI is InChI=1S/C16H22N6O/c23-16(14-12-22-10-9-17-8-4-15(22)21-14)20-7-2-6-19-13-3-1-5-18-11-13/h1,3,5,11-12,17,19H,2,4,6-10H2,(H,20,23). The van der Waals surface area contributed by atoms with Crippen LogP contribution in [0.4, 0.5) is 5.69 Å². The highest BCUT2D eigenvalue weighted by atomic mass is 16.1. The van der Waals surface area contributed by atoms with Crippen molar-refractivity contribution in [1.29, 1.82) is 0 Å². The van der Waals surface area contributed by atoms with Gasteiger partial charge in [-0.25, -0.2) is 4.98 Å². The normalized spacial score (nSPS) is 13.9. The highest BCUT2D eigenvalue weighted by molar-refractivity contribution is 5.92. The van der Waals surface area contributed by atoms with Gasteiger partial charge in [-0.2, -0.15) is 0 Å². The molecule has 3 rings (SSSR count). The average Bonchev–Trinajstić information content (AvgIpc) is 2.86. The number of fused-ring (bicyclic) bond motifs is 1. The van der Waals surface area contributed by atoms with Crippen LogP contribution in [0.15, 0.2) is 30.7 Å². The Morgan fingerprint density at radius 2 is 2.30 bits per heavy atom. The number of pyridine rings is 1. The number of aromatic nitrogens is 3. The number of carbonyl (C=O) groups excluding carboxylic acids is 1. The maximum Gasteiger partial charge on any atom is 0.271 e. The number of nitrogens with one attached hydrogen (secondary N) is 3. The first-order chi connectivity index (χ1) is 11.3. The van der Waals surface area contributed by atoms with E-state index < -0.39 is 0 Å². The predicted octanol–water partition coefficient (Wildman–Crippen LogP) is 0.656. The molecule has 23 heavy (non-hydrogen) atoms. The van der Waals surface area contributed by atoms with Crippen molar-refractivity contribution in [3.8, 4) is 0 Å². The highest BCUT2D eigenvalue weighted by Gasteiger charge is 2.15. The zero-order valence-corrected chi connectivity index (χ0v) is 13.1. The molecule has 7 heteroatoms. The molecule has 0 saturated carbocycles. The van der Waals surface area contributed by atoms with Gasteiger partial charge in [-0.15, -0.1) is 0 Å². The van der Waals surface area contributed by atoms with Crippen molar-refractivity contribution in [2.24, 2.45) is 0 Å². The SMILES string of the molecule is O=C(NCCCNc1cccnc1)c1cn2c(n1)CCNCC2. The fourth-order valence-corrected chi connectivity index (χ4v) is 2.56. The molecule has 1 amide bonds. The van der Waals surface area contributed by atoms with E-state index in [-0.39, 0.29) is 5.91 Å². The number of anilines is 1. The van der Waals surface area contributed by atoms with E-state index in [9.17, 15) is 4.79 Å². The van der Waals surface area contributed by atoms with E-state index in [2.05, 4.69) is 30.5 Å². The van der Waals surface area contributed by atoms with Gasteiger partial charge in [0.15, 0.2) is 0 Å². The third kappa shape index (κ3) is 4.29. The number of imidazole rings is 1. The molecule has 0 radical (unpaired) electrons. The average molecular weight is 314 g/mol. The van der Waals surface area contributed by atoms with Crippen LogP contribution in [0.5, 0.6) is 0 Å². The van der Waals surface area contributed by atoms with Crippen LogP contribution in [0, 0.1) is 0 Å². The maximum absolute atomic E-state index is 12.1. The van der Waals surface area contributed by atoms with Crippen molar-refractivity contribution in [1.82, 2.24) is 25.2 Å². The van der Waals surface area contributed by atoms with E-state index in [1.54, 1.807) is 12.4 Å². The summed E-state index contributed by atoms with van der Waals surface area (Å²) >= 11 is 0. The molecule has 2 aromatic rings. The summed E-state index contributed by atoms with van der Waals surface area (Å²) in [5.74, 6) is 0.887. The lowest BCUT2D eigenvalue weighted by molar-refractivity contribution is 0.0949. The summed E-state index contributed by atoms with van der Waals surface area (Å²) in [4.78, 5) is 20.6. The van der Waals surface area contributed by atoms with E-state index in [1.165, 1.54) is 0 Å². The van der Waals surface area contributed by atoms with Crippen LogP contribution >= 0.6 is 0 Å². The summed E-state index contributed by atoms with van der Waals surface area (Å²) in [5.41, 5.74) is 1.51. The van der Waals surface area contributed by atoms with Gasteiger partial charge in [0.25, 0.3) is 5.91 Å². The third-order valence-corrected chi connectivity index (χ3v) is 3.78. The fourth-order valence-electron chi connectivity index (χ4n) is 2.56. The Morgan fingerprint density at radius 1 is 1.35 bits per heavy atom. The zero-order valence-electron chi connectivity index (χ0n) is 13.1. The van der Waals surface area contributed by atoms with E-state index in [4.69, 9.17) is 0 Å². The Balaban J connectivity index is 1.41. The molecule has 0 bridgehead atoms. The van der Waals surface area contributed by atoms with Crippen molar-refractivity contribution in [3.63, 3.8) is 0 Å². The molecule has 0 saturated heterocycles. The van der Waals surface area contributed by atoms with E-state index in [1.807, 2.05) is 18.3 Å². The smallest absolute Gasteiger partial charge is 0.271 e. The number of nitrogens with zero attached hydrogens (tertiary/aromatic N) is 3. The van der Waals surface area contributed by atoms with Gasteiger partial charge in [0.1, 0.15) is 11.5 Å². The zero-order chi connectivity index (χ0) is 15.9. The van der Waals surface area contributed by atoms with Gasteiger partial charge < -0.3 is 20.5 Å². The molecule has 122 valence electrons. The quantitative estimate of drug-likeness (QED) is 0.682. The molecular weight excluding hydrogens is 292 g/mol. The van der Waals surface area contributed by atoms with Crippen LogP contribution in [0.2, 0.25) is 0 Å². The molecule has 1 aliphatic rings. The number of rotatable bonds is 6. The first kappa shape index (κ1) is 15.5. The van der Waals surface area contributed by atoms with Crippen LogP contribution in [0.25, 0.3) is 0 Å². The summed E-state index contributed by atoms with van der Waals surface area (Å²) < 4.78 is 2.07. The van der Waals surface area contributed by atoms with Gasteiger partial charge in [-0.05, 0) is 18.6 Å². The monoisotopic (exact) mass is 314 g/mol. The summed E-state index contributed by atoms with van der Waals surface area (Å²) in [6.45, 7) is 4.11. The number of hydrogen-bond acceptors (Lipinski definition) is 5. The Labute approximate surface area is 135 Å². The van der Waals surface area contributed by atoms with Crippen LogP contribution in [-0.2, 0) is 13.0 Å². The highest BCUT2D eigenvalue weighted by Crippen LogP contribution is 2.06. The van der Waals surface area contributed by atoms with Gasteiger partial charge in [0.05, 0.1) is 5.69 Å². The van der Waals surface area contributed by atoms with E-state index in [0.717, 1.165) is 50.5 Å². The first-order valence-electron chi connectivity index (χ1n) is 8.02. The third-order valence-electron chi connectivity index (χ3n) is 3.78. The van der Waals surface area contributed by atoms with Crippen molar-refractivity contribution in [2.45, 2.75) is 19.4 Å². The predicted molar refractivity (Wildman–Crippen MR) is 88.5 cm³/mol. The number of hydrogen-bond donors (Lipinski definition) is 3. The van der Waals surface area contributed by atoms with Crippen LogP contribution in [0.3, 0.4) is 0 Å². The van der Waals surface area contributed by atoms with Crippen LogP contribution in [-0.4, -0.2) is 46.6 Å². The summed E-state index contributed by atoms with van der Waals surface area (Å²) in [6, 6.07) is 3.86. The van der Waals surface area contributed by atoms with Gasteiger partial charge in [-0.1, -0.05) is 0 Å². The molecule has 3 heterocycles. The van der Waals surface area contributed by atoms with Crippen molar-refractivity contribution in [2.75, 3.05) is 31.5 Å². The first-order valence-corrected chi connectivity index (χ1v) is 8.02. The summed E-state index contributed by atoms with van der Waals surface area (Å²) in [6.07, 6.45) is 7.09. The van der Waals surface area contributed by atoms with E-state index in [0.29, 0.717) is 12.2 Å². The lowest BCUT2D eigenvalue weighted by Crippen LogP contribution is -2.26. The molecule has 0 aliphatic carbocycles. The van der Waals surface area contributed by atoms with Crippen molar-refractivity contribution >= 4 is 11.6 Å². The molecule has 0 atom stereocenters. The van der Waals surface area contributed by atoms with Gasteiger partial charge in [0, 0.05) is 57.7 Å². The largest absolute Gasteiger partial charge is 0.384 e. The van der Waals surface area contributed by atoms with Crippen LogP contribution < -0.4 is 16.0 Å². The molecule has 3 N–H and O–H groups in total. The van der Waals surface area contributed by atoms with Gasteiger partial charge >= 0.3 is 0 Å². The van der Waals surface area contributed by atoms with E-state index >= 15 is 0 Å². The Morgan fingerprint density at radius 3 is 3.17 bits per heavy atom. The minimum atomic E-state index is -0.0973.